The Balaban J connectivity index is 1.64. The minimum absolute atomic E-state index is 0.0252. The third-order valence-corrected chi connectivity index (χ3v) is 5.27. The second kappa shape index (κ2) is 8.25. The van der Waals surface area contributed by atoms with E-state index in [1.54, 1.807) is 0 Å². The Morgan fingerprint density at radius 3 is 2.37 bits per heavy atom. The number of carbonyl (C=O) groups is 2. The molecule has 5 nitrogen and oxygen atoms in total. The van der Waals surface area contributed by atoms with E-state index in [1.165, 1.54) is 0 Å². The van der Waals surface area contributed by atoms with Crippen LogP contribution in [0.5, 0.6) is 5.75 Å². The highest BCUT2D eigenvalue weighted by molar-refractivity contribution is 5.89. The maximum absolute atomic E-state index is 12.3. The highest BCUT2D eigenvalue weighted by atomic mass is 16.5. The van der Waals surface area contributed by atoms with Crippen LogP contribution in [0.4, 0.5) is 0 Å². The van der Waals surface area contributed by atoms with Gasteiger partial charge in [-0.25, -0.2) is 0 Å². The monoisotopic (exact) mass is 367 g/mol. The second-order valence-corrected chi connectivity index (χ2v) is 6.77. The number of ether oxygens (including phenoxy) is 2. The molecular weight excluding hydrogens is 342 g/mol. The van der Waals surface area contributed by atoms with E-state index in [4.69, 9.17) is 9.47 Å². The zero-order chi connectivity index (χ0) is 19.3. The molecule has 1 heterocycles. The Morgan fingerprint density at radius 2 is 1.70 bits per heavy atom. The highest BCUT2D eigenvalue weighted by Gasteiger charge is 2.54. The summed E-state index contributed by atoms with van der Waals surface area (Å²) in [6, 6.07) is 17.0. The van der Waals surface area contributed by atoms with E-state index in [9.17, 15) is 9.59 Å². The number of β-lactam (4-membered cyclic amide) rings is 1. The Kier molecular flexibility index (Phi) is 5.79. The summed E-state index contributed by atoms with van der Waals surface area (Å²) < 4.78 is 11.4. The lowest BCUT2D eigenvalue weighted by Gasteiger charge is -2.47. The lowest BCUT2D eigenvalue weighted by Crippen LogP contribution is -2.69. The third kappa shape index (κ3) is 3.97. The van der Waals surface area contributed by atoms with E-state index in [-0.39, 0.29) is 31.1 Å². The number of esters is 1. The molecule has 1 aliphatic rings. The fraction of sp³-hybridized carbons (Fsp3) is 0.364. The van der Waals surface area contributed by atoms with Crippen molar-refractivity contribution in [3.8, 4) is 5.75 Å². The third-order valence-electron chi connectivity index (χ3n) is 5.27. The molecule has 2 aromatic carbocycles. The summed E-state index contributed by atoms with van der Waals surface area (Å²) in [4.78, 5) is 24.3. The molecule has 27 heavy (non-hydrogen) atoms. The van der Waals surface area contributed by atoms with Gasteiger partial charge in [0.1, 0.15) is 17.8 Å². The molecule has 1 N–H and O–H groups in total. The number of rotatable bonds is 8. The van der Waals surface area contributed by atoms with Gasteiger partial charge in [-0.2, -0.15) is 0 Å². The van der Waals surface area contributed by atoms with Crippen molar-refractivity contribution in [3.05, 3.63) is 65.7 Å². The Morgan fingerprint density at radius 1 is 1.04 bits per heavy atom. The van der Waals surface area contributed by atoms with Crippen LogP contribution in [0.1, 0.15) is 37.8 Å². The average Bonchev–Trinajstić information content (AvgIpc) is 2.69. The van der Waals surface area contributed by atoms with Gasteiger partial charge in [-0.15, -0.1) is 0 Å². The second-order valence-electron chi connectivity index (χ2n) is 6.77. The van der Waals surface area contributed by atoms with Crippen molar-refractivity contribution in [2.24, 2.45) is 5.41 Å². The Hall–Kier alpha value is -2.82. The maximum Gasteiger partial charge on any atom is 0.310 e. The van der Waals surface area contributed by atoms with Crippen molar-refractivity contribution in [2.45, 2.75) is 45.9 Å². The summed E-state index contributed by atoms with van der Waals surface area (Å²) >= 11 is 0. The van der Waals surface area contributed by atoms with E-state index in [2.05, 4.69) is 5.32 Å². The van der Waals surface area contributed by atoms with Crippen LogP contribution in [0, 0.1) is 5.41 Å². The minimum Gasteiger partial charge on any atom is -0.469 e. The Labute approximate surface area is 159 Å². The summed E-state index contributed by atoms with van der Waals surface area (Å²) in [7, 11) is 0. The van der Waals surface area contributed by atoms with E-state index in [0.717, 1.165) is 11.1 Å². The van der Waals surface area contributed by atoms with Crippen LogP contribution in [0.3, 0.4) is 0 Å². The molecule has 1 amide bonds. The van der Waals surface area contributed by atoms with Crippen molar-refractivity contribution < 1.29 is 19.1 Å². The van der Waals surface area contributed by atoms with Crippen LogP contribution in [0.15, 0.2) is 54.6 Å². The lowest BCUT2D eigenvalue weighted by atomic mass is 9.73. The standard InChI is InChI=1S/C22H25NO4/c1-3-22(4-2)20(25)23-21(22)27-18-13-9-8-12-17(18)14-19(24)26-15-16-10-6-5-7-11-16/h5-13,21H,3-4,14-15H2,1-2H3,(H,23,25). The molecule has 0 bridgehead atoms. The molecule has 142 valence electrons. The van der Waals surface area contributed by atoms with Gasteiger partial charge in [0, 0.05) is 5.56 Å². The highest BCUT2D eigenvalue weighted by Crippen LogP contribution is 2.39. The number of amides is 1. The summed E-state index contributed by atoms with van der Waals surface area (Å²) in [6.45, 7) is 4.23. The van der Waals surface area contributed by atoms with E-state index < -0.39 is 5.41 Å². The molecule has 0 aromatic heterocycles. The summed E-state index contributed by atoms with van der Waals surface area (Å²) in [5.74, 6) is 0.312. The SMILES string of the molecule is CCC1(CC)C(=O)NC1Oc1ccccc1CC(=O)OCc1ccccc1. The van der Waals surface area contributed by atoms with Crippen LogP contribution < -0.4 is 10.1 Å². The fourth-order valence-electron chi connectivity index (χ4n) is 3.36. The Bertz CT molecular complexity index is 799. The van der Waals surface area contributed by atoms with Crippen LogP contribution in [-0.4, -0.2) is 18.1 Å². The number of nitrogens with one attached hydrogen (secondary N) is 1. The molecule has 0 radical (unpaired) electrons. The molecule has 0 aliphatic carbocycles. The average molecular weight is 367 g/mol. The number of benzene rings is 2. The molecule has 0 saturated carbocycles. The molecule has 1 fully saturated rings. The lowest BCUT2D eigenvalue weighted by molar-refractivity contribution is -0.162. The van der Waals surface area contributed by atoms with Crippen LogP contribution in [-0.2, 0) is 27.4 Å². The predicted octanol–water partition coefficient (Wildman–Crippen LogP) is 3.61. The number of hydrogen-bond donors (Lipinski definition) is 1. The van der Waals surface area contributed by atoms with Crippen molar-refractivity contribution in [3.63, 3.8) is 0 Å². The van der Waals surface area contributed by atoms with Gasteiger partial charge < -0.3 is 14.8 Å². The molecule has 5 heteroatoms. The molecule has 1 atom stereocenters. The fourth-order valence-corrected chi connectivity index (χ4v) is 3.36. The minimum atomic E-state index is -0.499. The topological polar surface area (TPSA) is 64.6 Å². The van der Waals surface area contributed by atoms with Crippen LogP contribution in [0.2, 0.25) is 0 Å². The van der Waals surface area contributed by atoms with Crippen molar-refractivity contribution in [1.29, 1.82) is 0 Å². The first-order valence-corrected chi connectivity index (χ1v) is 9.34. The van der Waals surface area contributed by atoms with Gasteiger partial charge in [-0.3, -0.25) is 9.59 Å². The van der Waals surface area contributed by atoms with Crippen LogP contribution in [0.25, 0.3) is 0 Å². The van der Waals surface area contributed by atoms with Gasteiger partial charge in [-0.05, 0) is 24.5 Å². The van der Waals surface area contributed by atoms with E-state index in [1.807, 2.05) is 68.4 Å². The first kappa shape index (κ1) is 19.0. The van der Waals surface area contributed by atoms with Gasteiger partial charge in [-0.1, -0.05) is 62.4 Å². The molecule has 1 unspecified atom stereocenters. The van der Waals surface area contributed by atoms with Gasteiger partial charge in [0.2, 0.25) is 5.91 Å². The first-order valence-electron chi connectivity index (χ1n) is 9.34. The number of hydrogen-bond acceptors (Lipinski definition) is 4. The van der Waals surface area contributed by atoms with Gasteiger partial charge in [0.05, 0.1) is 6.42 Å². The zero-order valence-electron chi connectivity index (χ0n) is 15.7. The first-order chi connectivity index (χ1) is 13.1. The predicted molar refractivity (Wildman–Crippen MR) is 102 cm³/mol. The molecule has 1 aliphatic heterocycles. The largest absolute Gasteiger partial charge is 0.469 e. The number of carbonyl (C=O) groups excluding carboxylic acids is 2. The molecule has 2 aromatic rings. The smallest absolute Gasteiger partial charge is 0.310 e. The zero-order valence-corrected chi connectivity index (χ0v) is 15.7. The number of para-hydroxylation sites is 1. The molecular formula is C22H25NO4. The van der Waals surface area contributed by atoms with E-state index in [0.29, 0.717) is 18.6 Å². The van der Waals surface area contributed by atoms with Crippen molar-refractivity contribution >= 4 is 11.9 Å². The van der Waals surface area contributed by atoms with Gasteiger partial charge >= 0.3 is 5.97 Å². The van der Waals surface area contributed by atoms with Crippen molar-refractivity contribution in [1.82, 2.24) is 5.32 Å². The molecule has 3 rings (SSSR count). The summed E-state index contributed by atoms with van der Waals surface area (Å²) in [5.41, 5.74) is 1.20. The van der Waals surface area contributed by atoms with Crippen molar-refractivity contribution in [2.75, 3.05) is 0 Å². The summed E-state index contributed by atoms with van der Waals surface area (Å²) in [6.07, 6.45) is 1.17. The molecule has 1 saturated heterocycles. The summed E-state index contributed by atoms with van der Waals surface area (Å²) in [5, 5.41) is 2.83. The van der Waals surface area contributed by atoms with E-state index >= 15 is 0 Å². The maximum atomic E-state index is 12.3. The normalized spacial score (nSPS) is 17.6. The van der Waals surface area contributed by atoms with Crippen LogP contribution >= 0.6 is 0 Å². The molecule has 0 spiro atoms. The quantitative estimate of drug-likeness (QED) is 0.572. The van der Waals surface area contributed by atoms with Gasteiger partial charge in [0.25, 0.3) is 0 Å². The van der Waals surface area contributed by atoms with Gasteiger partial charge in [0.15, 0.2) is 6.23 Å².